The number of hydrogen-bond acceptors (Lipinski definition) is 3. The maximum Gasteiger partial charge on any atom is 0.127 e. The second-order valence-electron chi connectivity index (χ2n) is 6.17. The van der Waals surface area contributed by atoms with Crippen molar-refractivity contribution in [2.24, 2.45) is 0 Å². The predicted octanol–water partition coefficient (Wildman–Crippen LogP) is 3.93. The molecule has 3 nitrogen and oxygen atoms in total. The molecule has 0 heterocycles. The van der Waals surface area contributed by atoms with E-state index in [4.69, 9.17) is 9.47 Å². The number of hydrogen-bond donors (Lipinski definition) is 1. The smallest absolute Gasteiger partial charge is 0.127 e. The highest BCUT2D eigenvalue weighted by Crippen LogP contribution is 2.25. The van der Waals surface area contributed by atoms with E-state index in [-0.39, 0.29) is 5.54 Å². The summed E-state index contributed by atoms with van der Waals surface area (Å²) in [6, 6.07) is 5.96. The van der Waals surface area contributed by atoms with E-state index in [1.54, 1.807) is 7.11 Å². The van der Waals surface area contributed by atoms with Crippen LogP contribution in [0.25, 0.3) is 0 Å². The van der Waals surface area contributed by atoms with Crippen molar-refractivity contribution in [2.75, 3.05) is 13.7 Å². The third-order valence-electron chi connectivity index (χ3n) is 2.81. The van der Waals surface area contributed by atoms with Crippen molar-refractivity contribution in [3.8, 4) is 11.5 Å². The Balaban J connectivity index is 2.83. The van der Waals surface area contributed by atoms with Crippen LogP contribution >= 0.6 is 0 Å². The summed E-state index contributed by atoms with van der Waals surface area (Å²) in [5, 5.41) is 3.48. The summed E-state index contributed by atoms with van der Waals surface area (Å²) in [6.07, 6.45) is 2.07. The van der Waals surface area contributed by atoms with E-state index < -0.39 is 0 Å². The molecule has 0 spiro atoms. The Hall–Kier alpha value is -1.48. The third kappa shape index (κ3) is 6.11. The zero-order chi connectivity index (χ0) is 15.2. The van der Waals surface area contributed by atoms with Crippen LogP contribution in [0.3, 0.4) is 0 Å². The van der Waals surface area contributed by atoms with Gasteiger partial charge in [-0.15, -0.1) is 0 Å². The average Bonchev–Trinajstić information content (AvgIpc) is 2.35. The zero-order valence-electron chi connectivity index (χ0n) is 13.5. The lowest BCUT2D eigenvalue weighted by molar-refractivity contribution is 0.346. The average molecular weight is 277 g/mol. The standard InChI is InChI=1S/C17H27NO2/c1-13(2)9-10-20-16-11-15(19-6)8-7-14(16)12-18-17(3,4)5/h7-9,11,18H,10,12H2,1-6H3. The Morgan fingerprint density at radius 2 is 1.95 bits per heavy atom. The van der Waals surface area contributed by atoms with Crippen molar-refractivity contribution in [2.45, 2.75) is 46.7 Å². The van der Waals surface area contributed by atoms with Crippen LogP contribution in [0, 0.1) is 0 Å². The highest BCUT2D eigenvalue weighted by atomic mass is 16.5. The summed E-state index contributed by atoms with van der Waals surface area (Å²) in [5.74, 6) is 1.69. The maximum atomic E-state index is 5.86. The van der Waals surface area contributed by atoms with Gasteiger partial charge in [0.1, 0.15) is 18.1 Å². The first-order chi connectivity index (χ1) is 9.31. The van der Waals surface area contributed by atoms with E-state index in [0.29, 0.717) is 6.61 Å². The fourth-order valence-electron chi connectivity index (χ4n) is 1.60. The fourth-order valence-corrected chi connectivity index (χ4v) is 1.60. The minimum Gasteiger partial charge on any atom is -0.497 e. The number of benzene rings is 1. The highest BCUT2D eigenvalue weighted by Gasteiger charge is 2.11. The van der Waals surface area contributed by atoms with E-state index in [2.05, 4.69) is 52.1 Å². The molecule has 1 N–H and O–H groups in total. The minimum absolute atomic E-state index is 0.0805. The van der Waals surface area contributed by atoms with E-state index in [1.807, 2.05) is 12.1 Å². The van der Waals surface area contributed by atoms with Crippen molar-refractivity contribution >= 4 is 0 Å². The number of allylic oxidation sites excluding steroid dienone is 1. The molecule has 0 unspecified atom stereocenters. The Bertz CT molecular complexity index is 455. The first-order valence-corrected chi connectivity index (χ1v) is 7.00. The van der Waals surface area contributed by atoms with Gasteiger partial charge in [0, 0.05) is 23.7 Å². The Labute approximate surface area is 123 Å². The molecule has 0 fully saturated rings. The summed E-state index contributed by atoms with van der Waals surface area (Å²) in [4.78, 5) is 0. The molecule has 0 radical (unpaired) electrons. The lowest BCUT2D eigenvalue weighted by Gasteiger charge is -2.22. The molecule has 20 heavy (non-hydrogen) atoms. The molecule has 3 heteroatoms. The first-order valence-electron chi connectivity index (χ1n) is 7.00. The quantitative estimate of drug-likeness (QED) is 0.799. The van der Waals surface area contributed by atoms with Crippen LogP contribution in [-0.4, -0.2) is 19.3 Å². The molecule has 0 atom stereocenters. The molecule has 0 saturated carbocycles. The topological polar surface area (TPSA) is 30.5 Å². The van der Waals surface area contributed by atoms with Crippen molar-refractivity contribution in [1.29, 1.82) is 0 Å². The Kier molecular flexibility index (Phi) is 6.08. The zero-order valence-corrected chi connectivity index (χ0v) is 13.5. The summed E-state index contributed by atoms with van der Waals surface area (Å²) in [6.45, 7) is 11.9. The largest absolute Gasteiger partial charge is 0.497 e. The fraction of sp³-hybridized carbons (Fsp3) is 0.529. The van der Waals surface area contributed by atoms with E-state index in [9.17, 15) is 0 Å². The molecular formula is C17H27NO2. The summed E-state index contributed by atoms with van der Waals surface area (Å²) in [5.41, 5.74) is 2.47. The van der Waals surface area contributed by atoms with Crippen molar-refractivity contribution in [3.05, 3.63) is 35.4 Å². The molecule has 0 saturated heterocycles. The van der Waals surface area contributed by atoms with Crippen LogP contribution in [0.15, 0.2) is 29.8 Å². The number of rotatable bonds is 6. The van der Waals surface area contributed by atoms with Crippen molar-refractivity contribution < 1.29 is 9.47 Å². The van der Waals surface area contributed by atoms with Crippen molar-refractivity contribution in [3.63, 3.8) is 0 Å². The highest BCUT2D eigenvalue weighted by molar-refractivity contribution is 5.41. The van der Waals surface area contributed by atoms with Crippen molar-refractivity contribution in [1.82, 2.24) is 5.32 Å². The van der Waals surface area contributed by atoms with Gasteiger partial charge in [0.2, 0.25) is 0 Å². The lowest BCUT2D eigenvalue weighted by atomic mass is 10.1. The number of nitrogens with one attached hydrogen (secondary N) is 1. The molecule has 1 rings (SSSR count). The van der Waals surface area contributed by atoms with Crippen LogP contribution in [0.5, 0.6) is 11.5 Å². The van der Waals surface area contributed by atoms with Crippen LogP contribution in [0.2, 0.25) is 0 Å². The van der Waals surface area contributed by atoms with Crippen LogP contribution < -0.4 is 14.8 Å². The normalized spacial score (nSPS) is 11.1. The second kappa shape index (κ2) is 7.34. The molecule has 1 aromatic carbocycles. The monoisotopic (exact) mass is 277 g/mol. The van der Waals surface area contributed by atoms with Crippen LogP contribution in [-0.2, 0) is 6.54 Å². The van der Waals surface area contributed by atoms with E-state index in [0.717, 1.165) is 23.6 Å². The van der Waals surface area contributed by atoms with Gasteiger partial charge in [-0.3, -0.25) is 0 Å². The van der Waals surface area contributed by atoms with Gasteiger partial charge >= 0.3 is 0 Å². The first kappa shape index (κ1) is 16.6. The molecule has 0 aliphatic heterocycles. The van der Waals surface area contributed by atoms with Gasteiger partial charge < -0.3 is 14.8 Å². The number of methoxy groups -OCH3 is 1. The molecule has 0 amide bonds. The van der Waals surface area contributed by atoms with Gasteiger partial charge in [0.15, 0.2) is 0 Å². The summed E-state index contributed by atoms with van der Waals surface area (Å²) >= 11 is 0. The molecule has 0 aromatic heterocycles. The number of ether oxygens (including phenoxy) is 2. The minimum atomic E-state index is 0.0805. The van der Waals surface area contributed by atoms with Gasteiger partial charge in [-0.05, 0) is 46.8 Å². The molecular weight excluding hydrogens is 250 g/mol. The molecule has 1 aromatic rings. The van der Waals surface area contributed by atoms with Gasteiger partial charge in [-0.1, -0.05) is 11.6 Å². The molecule has 0 bridgehead atoms. The molecule has 0 aliphatic rings. The van der Waals surface area contributed by atoms with Crippen LogP contribution in [0.4, 0.5) is 0 Å². The SMILES string of the molecule is COc1ccc(CNC(C)(C)C)c(OCC=C(C)C)c1. The molecule has 0 aliphatic carbocycles. The maximum absolute atomic E-state index is 5.86. The Morgan fingerprint density at radius 1 is 1.25 bits per heavy atom. The van der Waals surface area contributed by atoms with Gasteiger partial charge in [0.25, 0.3) is 0 Å². The van der Waals surface area contributed by atoms with E-state index in [1.165, 1.54) is 5.57 Å². The molecule has 112 valence electrons. The second-order valence-corrected chi connectivity index (χ2v) is 6.17. The van der Waals surface area contributed by atoms with Gasteiger partial charge in [0.05, 0.1) is 7.11 Å². The lowest BCUT2D eigenvalue weighted by Crippen LogP contribution is -2.35. The van der Waals surface area contributed by atoms with Crippen LogP contribution in [0.1, 0.15) is 40.2 Å². The van der Waals surface area contributed by atoms with Gasteiger partial charge in [-0.2, -0.15) is 0 Å². The Morgan fingerprint density at radius 3 is 2.50 bits per heavy atom. The third-order valence-corrected chi connectivity index (χ3v) is 2.81. The van der Waals surface area contributed by atoms with Gasteiger partial charge in [-0.25, -0.2) is 0 Å². The summed E-state index contributed by atoms with van der Waals surface area (Å²) in [7, 11) is 1.67. The predicted molar refractivity (Wildman–Crippen MR) is 84.5 cm³/mol. The summed E-state index contributed by atoms with van der Waals surface area (Å²) < 4.78 is 11.1. The van der Waals surface area contributed by atoms with E-state index >= 15 is 0 Å².